The minimum absolute atomic E-state index is 0.375. The summed E-state index contributed by atoms with van der Waals surface area (Å²) in [5.41, 5.74) is 1.16. The first-order chi connectivity index (χ1) is 10.3. The summed E-state index contributed by atoms with van der Waals surface area (Å²) in [5.74, 6) is 1.35. The smallest absolute Gasteiger partial charge is 0.250 e. The number of nitrogens with one attached hydrogen (secondary N) is 2. The van der Waals surface area contributed by atoms with Crippen molar-refractivity contribution in [2.24, 2.45) is 0 Å². The summed E-state index contributed by atoms with van der Waals surface area (Å²) in [6.07, 6.45) is 5.62. The summed E-state index contributed by atoms with van der Waals surface area (Å²) >= 11 is 5.90. The molecule has 0 bridgehead atoms. The van der Waals surface area contributed by atoms with Crippen LogP contribution < -0.4 is 10.1 Å². The predicted octanol–water partition coefficient (Wildman–Crippen LogP) is 3.02. The van der Waals surface area contributed by atoms with E-state index in [1.807, 2.05) is 0 Å². The second kappa shape index (κ2) is 5.92. The largest absolute Gasteiger partial charge is 0.435 e. The summed E-state index contributed by atoms with van der Waals surface area (Å²) < 4.78 is 5.74. The molecule has 3 rings (SSSR count). The molecule has 3 aromatic heterocycles. The highest BCUT2D eigenvalue weighted by Crippen LogP contribution is 2.27. The van der Waals surface area contributed by atoms with Crippen molar-refractivity contribution in [2.45, 2.75) is 13.3 Å². The number of H-pyrrole nitrogens is 1. The van der Waals surface area contributed by atoms with Gasteiger partial charge in [0.25, 0.3) is 5.88 Å². The van der Waals surface area contributed by atoms with Crippen LogP contribution in [-0.2, 0) is 0 Å². The second-order valence-electron chi connectivity index (χ2n) is 4.32. The Balaban J connectivity index is 1.97. The Labute approximate surface area is 125 Å². The molecule has 0 amide bonds. The number of pyridine rings is 1. The number of halogens is 1. The van der Waals surface area contributed by atoms with Gasteiger partial charge in [0.1, 0.15) is 11.3 Å². The maximum absolute atomic E-state index is 5.90. The van der Waals surface area contributed by atoms with Gasteiger partial charge in [-0.2, -0.15) is 9.97 Å². The molecule has 0 atom stereocenters. The van der Waals surface area contributed by atoms with E-state index in [2.05, 4.69) is 37.2 Å². The van der Waals surface area contributed by atoms with Crippen molar-refractivity contribution in [1.29, 1.82) is 0 Å². The molecule has 3 aromatic rings. The van der Waals surface area contributed by atoms with E-state index in [0.717, 1.165) is 13.0 Å². The van der Waals surface area contributed by atoms with Crippen LogP contribution in [-0.4, -0.2) is 31.5 Å². The van der Waals surface area contributed by atoms with Gasteiger partial charge in [0.15, 0.2) is 5.65 Å². The first-order valence-electron chi connectivity index (χ1n) is 6.49. The summed E-state index contributed by atoms with van der Waals surface area (Å²) in [6, 6.07) is 1.66. The molecular weight excluding hydrogens is 292 g/mol. The van der Waals surface area contributed by atoms with Crippen molar-refractivity contribution >= 4 is 28.7 Å². The average Bonchev–Trinajstić information content (AvgIpc) is 2.94. The number of aromatic amines is 1. The maximum Gasteiger partial charge on any atom is 0.250 e. The SMILES string of the molecule is CCCNc1nc(Oc2cncc(Cl)c2)c2[nH]cnc2n1. The predicted molar refractivity (Wildman–Crippen MR) is 79.8 cm³/mol. The van der Waals surface area contributed by atoms with Crippen LogP contribution >= 0.6 is 11.6 Å². The molecule has 0 radical (unpaired) electrons. The Morgan fingerprint density at radius 1 is 1.33 bits per heavy atom. The van der Waals surface area contributed by atoms with E-state index in [0.29, 0.717) is 33.8 Å². The summed E-state index contributed by atoms with van der Waals surface area (Å²) in [6.45, 7) is 2.84. The molecule has 0 saturated carbocycles. The van der Waals surface area contributed by atoms with Crippen LogP contribution in [0.3, 0.4) is 0 Å². The summed E-state index contributed by atoms with van der Waals surface area (Å²) in [5, 5.41) is 3.61. The van der Waals surface area contributed by atoms with Gasteiger partial charge in [0.05, 0.1) is 17.5 Å². The Bertz CT molecular complexity index is 759. The van der Waals surface area contributed by atoms with Crippen molar-refractivity contribution < 1.29 is 4.74 Å². The van der Waals surface area contributed by atoms with Gasteiger partial charge in [-0.1, -0.05) is 18.5 Å². The zero-order valence-electron chi connectivity index (χ0n) is 11.3. The lowest BCUT2D eigenvalue weighted by molar-refractivity contribution is 0.465. The molecule has 108 valence electrons. The Kier molecular flexibility index (Phi) is 3.83. The third-order valence-corrected chi connectivity index (χ3v) is 2.89. The van der Waals surface area contributed by atoms with Crippen LogP contribution in [0.15, 0.2) is 24.8 Å². The van der Waals surface area contributed by atoms with E-state index in [1.165, 1.54) is 6.20 Å². The molecule has 0 spiro atoms. The van der Waals surface area contributed by atoms with Crippen LogP contribution in [0.4, 0.5) is 5.95 Å². The van der Waals surface area contributed by atoms with Crippen molar-refractivity contribution in [2.75, 3.05) is 11.9 Å². The normalized spacial score (nSPS) is 10.8. The molecule has 3 heterocycles. The monoisotopic (exact) mass is 304 g/mol. The molecule has 21 heavy (non-hydrogen) atoms. The minimum atomic E-state index is 0.375. The second-order valence-corrected chi connectivity index (χ2v) is 4.76. The van der Waals surface area contributed by atoms with Gasteiger partial charge in [-0.3, -0.25) is 4.98 Å². The molecule has 0 saturated heterocycles. The van der Waals surface area contributed by atoms with E-state index in [4.69, 9.17) is 16.3 Å². The van der Waals surface area contributed by atoms with Crippen LogP contribution in [0.1, 0.15) is 13.3 Å². The number of hydrogen-bond donors (Lipinski definition) is 2. The Hall–Kier alpha value is -2.41. The summed E-state index contributed by atoms with van der Waals surface area (Å²) in [4.78, 5) is 19.7. The zero-order valence-corrected chi connectivity index (χ0v) is 12.1. The molecule has 0 aliphatic carbocycles. The lowest BCUT2D eigenvalue weighted by atomic mass is 10.4. The number of aromatic nitrogens is 5. The third-order valence-electron chi connectivity index (χ3n) is 2.68. The molecule has 8 heteroatoms. The lowest BCUT2D eigenvalue weighted by Gasteiger charge is -2.08. The van der Waals surface area contributed by atoms with Gasteiger partial charge < -0.3 is 15.0 Å². The van der Waals surface area contributed by atoms with E-state index in [-0.39, 0.29) is 0 Å². The van der Waals surface area contributed by atoms with E-state index in [9.17, 15) is 0 Å². The van der Waals surface area contributed by atoms with Crippen LogP contribution in [0.2, 0.25) is 5.02 Å². The van der Waals surface area contributed by atoms with Gasteiger partial charge in [-0.15, -0.1) is 0 Å². The Morgan fingerprint density at radius 2 is 2.24 bits per heavy atom. The highest BCUT2D eigenvalue weighted by atomic mass is 35.5. The summed E-state index contributed by atoms with van der Waals surface area (Å²) in [7, 11) is 0. The minimum Gasteiger partial charge on any atom is -0.435 e. The van der Waals surface area contributed by atoms with Crippen molar-refractivity contribution in [3.05, 3.63) is 29.8 Å². The zero-order chi connectivity index (χ0) is 14.7. The highest BCUT2D eigenvalue weighted by molar-refractivity contribution is 6.30. The number of ether oxygens (including phenoxy) is 1. The van der Waals surface area contributed by atoms with Crippen molar-refractivity contribution in [3.8, 4) is 11.6 Å². The van der Waals surface area contributed by atoms with Gasteiger partial charge in [-0.05, 0) is 6.42 Å². The molecule has 0 aliphatic heterocycles. The number of imidazole rings is 1. The fraction of sp³-hybridized carbons (Fsp3) is 0.231. The molecule has 2 N–H and O–H groups in total. The van der Waals surface area contributed by atoms with Crippen molar-refractivity contribution in [1.82, 2.24) is 24.9 Å². The van der Waals surface area contributed by atoms with Crippen LogP contribution in [0.5, 0.6) is 11.6 Å². The number of rotatable bonds is 5. The van der Waals surface area contributed by atoms with E-state index in [1.54, 1.807) is 18.6 Å². The van der Waals surface area contributed by atoms with E-state index < -0.39 is 0 Å². The molecule has 7 nitrogen and oxygen atoms in total. The molecule has 0 aromatic carbocycles. The van der Waals surface area contributed by atoms with Crippen molar-refractivity contribution in [3.63, 3.8) is 0 Å². The standard InChI is InChI=1S/C13H13ClN6O/c1-2-3-16-13-19-11-10(17-7-18-11)12(20-13)21-9-4-8(14)5-15-6-9/h4-7H,2-3H2,1H3,(H2,16,17,18,19,20). The molecule has 0 fully saturated rings. The first-order valence-corrected chi connectivity index (χ1v) is 6.87. The maximum atomic E-state index is 5.90. The number of anilines is 1. The van der Waals surface area contributed by atoms with Crippen LogP contribution in [0, 0.1) is 0 Å². The third kappa shape index (κ3) is 3.03. The van der Waals surface area contributed by atoms with E-state index >= 15 is 0 Å². The fourth-order valence-corrected chi connectivity index (χ4v) is 1.92. The highest BCUT2D eigenvalue weighted by Gasteiger charge is 2.12. The van der Waals surface area contributed by atoms with Gasteiger partial charge in [0, 0.05) is 18.8 Å². The lowest BCUT2D eigenvalue weighted by Crippen LogP contribution is -2.05. The van der Waals surface area contributed by atoms with Gasteiger partial charge in [0.2, 0.25) is 5.95 Å². The fourth-order valence-electron chi connectivity index (χ4n) is 1.76. The van der Waals surface area contributed by atoms with Gasteiger partial charge in [-0.25, -0.2) is 4.98 Å². The molecule has 0 unspecified atom stereocenters. The number of nitrogens with zero attached hydrogens (tertiary/aromatic N) is 4. The average molecular weight is 305 g/mol. The number of fused-ring (bicyclic) bond motifs is 1. The first kappa shape index (κ1) is 13.6. The quantitative estimate of drug-likeness (QED) is 0.753. The van der Waals surface area contributed by atoms with Gasteiger partial charge >= 0.3 is 0 Å². The number of hydrogen-bond acceptors (Lipinski definition) is 6. The topological polar surface area (TPSA) is 88.6 Å². The molecular formula is C13H13ClN6O. The Morgan fingerprint density at radius 3 is 3.05 bits per heavy atom. The molecule has 0 aliphatic rings. The van der Waals surface area contributed by atoms with Crippen LogP contribution in [0.25, 0.3) is 11.2 Å².